The van der Waals surface area contributed by atoms with Crippen molar-refractivity contribution in [2.24, 2.45) is 0 Å². The molecule has 0 bridgehead atoms. The molecule has 0 aliphatic rings. The zero-order valence-electron chi connectivity index (χ0n) is 10.5. The number of thioether (sulfide) groups is 1. The number of nitrogens with one attached hydrogen (secondary N) is 1. The third-order valence-electron chi connectivity index (χ3n) is 2.55. The summed E-state index contributed by atoms with van der Waals surface area (Å²) < 4.78 is 26.6. The first-order chi connectivity index (χ1) is 8.06. The van der Waals surface area contributed by atoms with E-state index >= 15 is 0 Å². The van der Waals surface area contributed by atoms with E-state index in [0.29, 0.717) is 5.56 Å². The molecule has 2 atom stereocenters. The average Bonchev–Trinajstić information content (AvgIpc) is 2.29. The standard InChI is InChI=1S/C13H19F2NS/c1-4-17-8-9(2)16-10(3)11-6-5-7-12(14)13(11)15/h5-7,9-10,16H,4,8H2,1-3H3. The van der Waals surface area contributed by atoms with E-state index in [9.17, 15) is 8.78 Å². The minimum atomic E-state index is -0.785. The van der Waals surface area contributed by atoms with Gasteiger partial charge in [0.25, 0.3) is 0 Å². The van der Waals surface area contributed by atoms with E-state index in [1.807, 2.05) is 18.7 Å². The molecule has 17 heavy (non-hydrogen) atoms. The SMILES string of the molecule is CCSCC(C)NC(C)c1cccc(F)c1F. The first kappa shape index (κ1) is 14.5. The van der Waals surface area contributed by atoms with Crippen LogP contribution in [0.2, 0.25) is 0 Å². The van der Waals surface area contributed by atoms with Crippen LogP contribution in [0.1, 0.15) is 32.4 Å². The van der Waals surface area contributed by atoms with Crippen LogP contribution >= 0.6 is 11.8 Å². The van der Waals surface area contributed by atoms with E-state index in [0.717, 1.165) is 17.6 Å². The van der Waals surface area contributed by atoms with Gasteiger partial charge in [-0.15, -0.1) is 0 Å². The van der Waals surface area contributed by atoms with Gasteiger partial charge < -0.3 is 5.32 Å². The smallest absolute Gasteiger partial charge is 0.163 e. The Bertz CT molecular complexity index is 357. The van der Waals surface area contributed by atoms with Crippen LogP contribution in [0.25, 0.3) is 0 Å². The maximum Gasteiger partial charge on any atom is 0.163 e. The fraction of sp³-hybridized carbons (Fsp3) is 0.538. The molecule has 2 unspecified atom stereocenters. The van der Waals surface area contributed by atoms with Crippen molar-refractivity contribution in [3.05, 3.63) is 35.4 Å². The molecule has 0 aromatic heterocycles. The molecule has 1 nitrogen and oxygen atoms in total. The predicted molar refractivity (Wildman–Crippen MR) is 70.4 cm³/mol. The van der Waals surface area contributed by atoms with Gasteiger partial charge in [-0.3, -0.25) is 0 Å². The molecule has 0 amide bonds. The molecule has 0 aliphatic carbocycles. The maximum atomic E-state index is 13.5. The topological polar surface area (TPSA) is 12.0 Å². The largest absolute Gasteiger partial charge is 0.307 e. The highest BCUT2D eigenvalue weighted by Gasteiger charge is 2.15. The third kappa shape index (κ3) is 4.28. The van der Waals surface area contributed by atoms with Crippen LogP contribution in [0.5, 0.6) is 0 Å². The fourth-order valence-corrected chi connectivity index (χ4v) is 2.40. The maximum absolute atomic E-state index is 13.5. The zero-order valence-corrected chi connectivity index (χ0v) is 11.3. The highest BCUT2D eigenvalue weighted by Crippen LogP contribution is 2.19. The van der Waals surface area contributed by atoms with E-state index in [1.165, 1.54) is 6.07 Å². The second-order valence-corrected chi connectivity index (χ2v) is 5.41. The van der Waals surface area contributed by atoms with Gasteiger partial charge in [0, 0.05) is 23.4 Å². The van der Waals surface area contributed by atoms with E-state index in [2.05, 4.69) is 19.2 Å². The molecule has 0 spiro atoms. The van der Waals surface area contributed by atoms with E-state index < -0.39 is 11.6 Å². The van der Waals surface area contributed by atoms with Gasteiger partial charge in [-0.1, -0.05) is 19.1 Å². The van der Waals surface area contributed by atoms with E-state index in [4.69, 9.17) is 0 Å². The van der Waals surface area contributed by atoms with E-state index in [1.54, 1.807) is 6.07 Å². The molecule has 1 aromatic carbocycles. The summed E-state index contributed by atoms with van der Waals surface area (Å²) in [7, 11) is 0. The first-order valence-corrected chi connectivity index (χ1v) is 6.99. The van der Waals surface area contributed by atoms with Gasteiger partial charge in [0.05, 0.1) is 0 Å². The van der Waals surface area contributed by atoms with Crippen molar-refractivity contribution in [3.63, 3.8) is 0 Å². The van der Waals surface area contributed by atoms with Crippen LogP contribution in [0.15, 0.2) is 18.2 Å². The Hall–Kier alpha value is -0.610. The lowest BCUT2D eigenvalue weighted by molar-refractivity contribution is 0.456. The Labute approximate surface area is 106 Å². The van der Waals surface area contributed by atoms with Gasteiger partial charge in [0.1, 0.15) is 0 Å². The molecule has 0 heterocycles. The summed E-state index contributed by atoms with van der Waals surface area (Å²) >= 11 is 1.83. The quantitative estimate of drug-likeness (QED) is 0.835. The lowest BCUT2D eigenvalue weighted by atomic mass is 10.1. The average molecular weight is 259 g/mol. The van der Waals surface area contributed by atoms with Crippen LogP contribution in [-0.2, 0) is 0 Å². The highest BCUT2D eigenvalue weighted by molar-refractivity contribution is 7.99. The Balaban J connectivity index is 2.63. The molecule has 1 N–H and O–H groups in total. The van der Waals surface area contributed by atoms with Gasteiger partial charge in [-0.25, -0.2) is 8.78 Å². The lowest BCUT2D eigenvalue weighted by Gasteiger charge is -2.20. The number of halogens is 2. The molecule has 0 saturated heterocycles. The molecule has 0 radical (unpaired) electrons. The lowest BCUT2D eigenvalue weighted by Crippen LogP contribution is -2.31. The van der Waals surface area contributed by atoms with Crippen molar-refractivity contribution >= 4 is 11.8 Å². The molecular formula is C13H19F2NS. The Kier molecular flexibility index (Phi) is 5.92. The minimum Gasteiger partial charge on any atom is -0.307 e. The molecule has 0 saturated carbocycles. The van der Waals surface area contributed by atoms with Crippen molar-refractivity contribution in [2.75, 3.05) is 11.5 Å². The van der Waals surface area contributed by atoms with Gasteiger partial charge in [-0.05, 0) is 25.7 Å². The Morgan fingerprint density at radius 1 is 1.29 bits per heavy atom. The summed E-state index contributed by atoms with van der Waals surface area (Å²) in [5.41, 5.74) is 0.387. The third-order valence-corrected chi connectivity index (χ3v) is 3.70. The predicted octanol–water partition coefficient (Wildman–Crippen LogP) is 3.76. The van der Waals surface area contributed by atoms with Crippen molar-refractivity contribution in [1.29, 1.82) is 0 Å². The summed E-state index contributed by atoms with van der Waals surface area (Å²) in [5.74, 6) is 0.501. The highest BCUT2D eigenvalue weighted by atomic mass is 32.2. The fourth-order valence-electron chi connectivity index (χ4n) is 1.71. The van der Waals surface area contributed by atoms with Gasteiger partial charge in [0.2, 0.25) is 0 Å². The van der Waals surface area contributed by atoms with Gasteiger partial charge in [-0.2, -0.15) is 11.8 Å². The summed E-state index contributed by atoms with van der Waals surface area (Å²) in [4.78, 5) is 0. The summed E-state index contributed by atoms with van der Waals surface area (Å²) in [6.07, 6.45) is 0. The minimum absolute atomic E-state index is 0.182. The molecule has 1 aromatic rings. The zero-order chi connectivity index (χ0) is 12.8. The molecular weight excluding hydrogens is 240 g/mol. The summed E-state index contributed by atoms with van der Waals surface area (Å²) in [6, 6.07) is 4.39. The van der Waals surface area contributed by atoms with Crippen molar-refractivity contribution in [1.82, 2.24) is 5.32 Å². The van der Waals surface area contributed by atoms with Crippen molar-refractivity contribution in [2.45, 2.75) is 32.9 Å². The summed E-state index contributed by atoms with van der Waals surface area (Å²) in [6.45, 7) is 6.01. The molecule has 1 rings (SSSR count). The molecule has 0 fully saturated rings. The number of hydrogen-bond donors (Lipinski definition) is 1. The number of benzene rings is 1. The second kappa shape index (κ2) is 6.97. The van der Waals surface area contributed by atoms with Crippen molar-refractivity contribution < 1.29 is 8.78 Å². The van der Waals surface area contributed by atoms with E-state index in [-0.39, 0.29) is 12.1 Å². The normalized spacial score (nSPS) is 14.6. The van der Waals surface area contributed by atoms with Crippen LogP contribution < -0.4 is 5.32 Å². The monoisotopic (exact) mass is 259 g/mol. The van der Waals surface area contributed by atoms with Crippen LogP contribution in [-0.4, -0.2) is 17.5 Å². The van der Waals surface area contributed by atoms with Crippen LogP contribution in [0.3, 0.4) is 0 Å². The number of hydrogen-bond acceptors (Lipinski definition) is 2. The van der Waals surface area contributed by atoms with Crippen molar-refractivity contribution in [3.8, 4) is 0 Å². The molecule has 4 heteroatoms. The van der Waals surface area contributed by atoms with Gasteiger partial charge in [0.15, 0.2) is 11.6 Å². The van der Waals surface area contributed by atoms with Crippen LogP contribution in [0.4, 0.5) is 8.78 Å². The van der Waals surface area contributed by atoms with Crippen LogP contribution in [0, 0.1) is 11.6 Å². The number of rotatable bonds is 6. The molecule has 0 aliphatic heterocycles. The van der Waals surface area contributed by atoms with Gasteiger partial charge >= 0.3 is 0 Å². The second-order valence-electron chi connectivity index (χ2n) is 4.09. The first-order valence-electron chi connectivity index (χ1n) is 5.84. The molecule has 96 valence electrons. The Morgan fingerprint density at radius 3 is 2.65 bits per heavy atom. The Morgan fingerprint density at radius 2 is 2.00 bits per heavy atom. The summed E-state index contributed by atoms with van der Waals surface area (Å²) in [5, 5.41) is 3.27.